The Hall–Kier alpha value is -1.76. The summed E-state index contributed by atoms with van der Waals surface area (Å²) >= 11 is 0. The number of rotatable bonds is 7. The molecule has 2 aromatic rings. The van der Waals surface area contributed by atoms with Crippen LogP contribution in [0.2, 0.25) is 0 Å². The van der Waals surface area contributed by atoms with Gasteiger partial charge in [0.05, 0.1) is 5.75 Å². The summed E-state index contributed by atoms with van der Waals surface area (Å²) in [6.45, 7) is 2.31. The molecule has 1 saturated heterocycles. The number of sulfonamides is 1. The molecule has 0 aliphatic carbocycles. The Balaban J connectivity index is 1.69. The zero-order valence-electron chi connectivity index (χ0n) is 14.8. The summed E-state index contributed by atoms with van der Waals surface area (Å²) in [6, 6.07) is 15.6. The van der Waals surface area contributed by atoms with Gasteiger partial charge in [0.25, 0.3) is 0 Å². The van der Waals surface area contributed by atoms with Crippen LogP contribution in [0.5, 0.6) is 0 Å². The van der Waals surface area contributed by atoms with E-state index in [9.17, 15) is 12.8 Å². The molecule has 0 radical (unpaired) electrons. The highest BCUT2D eigenvalue weighted by atomic mass is 32.2. The largest absolute Gasteiger partial charge is 0.295 e. The predicted octanol–water partition coefficient (Wildman–Crippen LogP) is 3.47. The van der Waals surface area contributed by atoms with Crippen molar-refractivity contribution in [3.05, 3.63) is 71.5 Å². The molecule has 0 bridgehead atoms. The number of halogens is 1. The third-order valence-electron chi connectivity index (χ3n) is 4.78. The molecule has 1 heterocycles. The van der Waals surface area contributed by atoms with Crippen LogP contribution >= 0.6 is 0 Å². The quantitative estimate of drug-likeness (QED) is 0.805. The lowest BCUT2D eigenvalue weighted by molar-refractivity contribution is 0.164. The van der Waals surface area contributed by atoms with Crippen LogP contribution in [0.4, 0.5) is 4.39 Å². The van der Waals surface area contributed by atoms with Crippen molar-refractivity contribution in [1.29, 1.82) is 0 Å². The number of benzene rings is 2. The highest BCUT2D eigenvalue weighted by Gasteiger charge is 2.24. The first kappa shape index (κ1) is 19.0. The molecule has 1 fully saturated rings. The van der Waals surface area contributed by atoms with Gasteiger partial charge in [0.15, 0.2) is 0 Å². The van der Waals surface area contributed by atoms with Crippen molar-refractivity contribution in [1.82, 2.24) is 9.62 Å². The Bertz CT molecular complexity index is 788. The van der Waals surface area contributed by atoms with Crippen molar-refractivity contribution < 1.29 is 12.8 Å². The normalized spacial score (nSPS) is 17.1. The van der Waals surface area contributed by atoms with Crippen LogP contribution in [0.3, 0.4) is 0 Å². The summed E-state index contributed by atoms with van der Waals surface area (Å²) in [5, 5.41) is 0. The van der Waals surface area contributed by atoms with E-state index < -0.39 is 10.0 Å². The lowest BCUT2D eigenvalue weighted by Gasteiger charge is -2.35. The standard InChI is InChI=1S/C20H25FN2O2S/c21-19-11-9-17(10-12-19)16-26(24,25)22-15-20(18-7-3-1-4-8-18)23-13-5-2-6-14-23/h1,3-4,7-12,20,22H,2,5-6,13-16H2. The number of piperidine rings is 1. The van der Waals surface area contributed by atoms with Crippen LogP contribution < -0.4 is 4.72 Å². The van der Waals surface area contributed by atoms with Crippen LogP contribution in [-0.4, -0.2) is 33.0 Å². The van der Waals surface area contributed by atoms with Gasteiger partial charge in [0, 0.05) is 12.6 Å². The lowest BCUT2D eigenvalue weighted by atomic mass is 10.0. The van der Waals surface area contributed by atoms with Crippen molar-refractivity contribution in [3.63, 3.8) is 0 Å². The van der Waals surface area contributed by atoms with Crippen molar-refractivity contribution in [2.45, 2.75) is 31.1 Å². The Morgan fingerprint density at radius 3 is 2.27 bits per heavy atom. The molecular weight excluding hydrogens is 351 g/mol. The van der Waals surface area contributed by atoms with Gasteiger partial charge in [-0.3, -0.25) is 4.90 Å². The van der Waals surface area contributed by atoms with E-state index in [4.69, 9.17) is 0 Å². The van der Waals surface area contributed by atoms with Gasteiger partial charge in [-0.1, -0.05) is 48.9 Å². The maximum Gasteiger partial charge on any atom is 0.215 e. The number of likely N-dealkylation sites (tertiary alicyclic amines) is 1. The van der Waals surface area contributed by atoms with E-state index in [0.717, 1.165) is 31.5 Å². The van der Waals surface area contributed by atoms with Crippen molar-refractivity contribution in [2.75, 3.05) is 19.6 Å². The van der Waals surface area contributed by atoms with Crippen molar-refractivity contribution in [3.8, 4) is 0 Å². The van der Waals surface area contributed by atoms with E-state index in [1.54, 1.807) is 0 Å². The van der Waals surface area contributed by atoms with E-state index in [-0.39, 0.29) is 17.6 Å². The molecule has 0 saturated carbocycles. The minimum absolute atomic E-state index is 0.0273. The van der Waals surface area contributed by atoms with Crippen LogP contribution in [0, 0.1) is 5.82 Å². The summed E-state index contributed by atoms with van der Waals surface area (Å²) in [5.41, 5.74) is 1.70. The topological polar surface area (TPSA) is 49.4 Å². The molecule has 1 N–H and O–H groups in total. The maximum atomic E-state index is 13.0. The average Bonchev–Trinajstić information content (AvgIpc) is 2.65. The summed E-state index contributed by atoms with van der Waals surface area (Å²) < 4.78 is 40.7. The Kier molecular flexibility index (Phi) is 6.40. The fourth-order valence-corrected chi connectivity index (χ4v) is 4.57. The Morgan fingerprint density at radius 1 is 0.962 bits per heavy atom. The SMILES string of the molecule is O=S(=O)(Cc1ccc(F)cc1)NCC(c1ccccc1)N1CCCCC1. The van der Waals surface area contributed by atoms with E-state index >= 15 is 0 Å². The summed E-state index contributed by atoms with van der Waals surface area (Å²) in [6.07, 6.45) is 3.52. The van der Waals surface area contributed by atoms with Gasteiger partial charge in [0.1, 0.15) is 5.82 Å². The minimum atomic E-state index is -3.49. The zero-order valence-corrected chi connectivity index (χ0v) is 15.6. The maximum absolute atomic E-state index is 13.0. The van der Waals surface area contributed by atoms with Crippen LogP contribution in [0.15, 0.2) is 54.6 Å². The fourth-order valence-electron chi connectivity index (χ4n) is 3.42. The van der Waals surface area contributed by atoms with Crippen molar-refractivity contribution >= 4 is 10.0 Å². The first-order valence-electron chi connectivity index (χ1n) is 9.04. The Morgan fingerprint density at radius 2 is 1.62 bits per heavy atom. The first-order valence-corrected chi connectivity index (χ1v) is 10.7. The van der Waals surface area contributed by atoms with E-state index in [1.165, 1.54) is 30.7 Å². The van der Waals surface area contributed by atoms with Gasteiger partial charge in [-0.15, -0.1) is 0 Å². The Labute approximate surface area is 155 Å². The average molecular weight is 376 g/mol. The number of hydrogen-bond acceptors (Lipinski definition) is 3. The van der Waals surface area contributed by atoms with Gasteiger partial charge in [-0.2, -0.15) is 0 Å². The second-order valence-electron chi connectivity index (χ2n) is 6.76. The molecule has 0 spiro atoms. The third kappa shape index (κ3) is 5.37. The monoisotopic (exact) mass is 376 g/mol. The first-order chi connectivity index (χ1) is 12.5. The number of nitrogens with one attached hydrogen (secondary N) is 1. The number of hydrogen-bond donors (Lipinski definition) is 1. The molecule has 1 aliphatic rings. The van der Waals surface area contributed by atoms with Gasteiger partial charge in [0.2, 0.25) is 10.0 Å². The molecule has 0 aromatic heterocycles. The molecule has 3 rings (SSSR count). The predicted molar refractivity (Wildman–Crippen MR) is 102 cm³/mol. The highest BCUT2D eigenvalue weighted by Crippen LogP contribution is 2.24. The van der Waals surface area contributed by atoms with Gasteiger partial charge < -0.3 is 0 Å². The van der Waals surface area contributed by atoms with Crippen molar-refractivity contribution in [2.24, 2.45) is 0 Å². The molecule has 1 aliphatic heterocycles. The van der Waals surface area contributed by atoms with Crippen LogP contribution in [0.25, 0.3) is 0 Å². The molecule has 4 nitrogen and oxygen atoms in total. The van der Waals surface area contributed by atoms with E-state index in [0.29, 0.717) is 12.1 Å². The molecule has 1 unspecified atom stereocenters. The highest BCUT2D eigenvalue weighted by molar-refractivity contribution is 7.88. The molecule has 6 heteroatoms. The smallest absolute Gasteiger partial charge is 0.215 e. The molecular formula is C20H25FN2O2S. The second-order valence-corrected chi connectivity index (χ2v) is 8.56. The summed E-state index contributed by atoms with van der Waals surface area (Å²) in [4.78, 5) is 2.36. The molecule has 1 atom stereocenters. The van der Waals surface area contributed by atoms with Gasteiger partial charge in [-0.25, -0.2) is 17.5 Å². The van der Waals surface area contributed by atoms with Gasteiger partial charge >= 0.3 is 0 Å². The van der Waals surface area contributed by atoms with E-state index in [1.807, 2.05) is 30.3 Å². The summed E-state index contributed by atoms with van der Waals surface area (Å²) in [7, 11) is -3.49. The molecule has 2 aromatic carbocycles. The number of nitrogens with zero attached hydrogens (tertiary/aromatic N) is 1. The zero-order chi connectivity index (χ0) is 18.4. The second kappa shape index (κ2) is 8.75. The molecule has 26 heavy (non-hydrogen) atoms. The lowest BCUT2D eigenvalue weighted by Crippen LogP contribution is -2.40. The van der Waals surface area contributed by atoms with Crippen LogP contribution in [0.1, 0.15) is 36.4 Å². The minimum Gasteiger partial charge on any atom is -0.295 e. The molecule has 140 valence electrons. The third-order valence-corrected chi connectivity index (χ3v) is 6.10. The summed E-state index contributed by atoms with van der Waals surface area (Å²) in [5.74, 6) is -0.511. The van der Waals surface area contributed by atoms with Crippen LogP contribution in [-0.2, 0) is 15.8 Å². The van der Waals surface area contributed by atoms with E-state index in [2.05, 4.69) is 9.62 Å². The van der Waals surface area contributed by atoms with Gasteiger partial charge in [-0.05, 0) is 49.2 Å². The molecule has 0 amide bonds. The fraction of sp³-hybridized carbons (Fsp3) is 0.400.